The number of carbonyl (C=O) groups excluding carboxylic acids is 1. The number of nitrogens with zero attached hydrogens (tertiary/aromatic N) is 1. The van der Waals surface area contributed by atoms with E-state index in [0.29, 0.717) is 33.0 Å². The summed E-state index contributed by atoms with van der Waals surface area (Å²) in [6.45, 7) is 0.235. The molecule has 0 saturated carbocycles. The van der Waals surface area contributed by atoms with Crippen LogP contribution in [0.5, 0.6) is 11.5 Å². The molecule has 2 heterocycles. The molecule has 0 spiro atoms. The average molecular weight is 395 g/mol. The number of fused-ring (bicyclic) bond motifs is 2. The molecule has 2 aromatic heterocycles. The summed E-state index contributed by atoms with van der Waals surface area (Å²) in [5, 5.41) is 3.83. The number of rotatable bonds is 5. The number of ether oxygens (including phenoxy) is 2. The van der Waals surface area contributed by atoms with Crippen molar-refractivity contribution in [2.75, 3.05) is 14.2 Å². The fraction of sp³-hybridized carbons (Fsp3) is 0.150. The predicted octanol–water partition coefficient (Wildman–Crippen LogP) is 3.09. The highest BCUT2D eigenvalue weighted by atomic mass is 32.1. The monoisotopic (exact) mass is 395 g/mol. The van der Waals surface area contributed by atoms with E-state index in [0.717, 1.165) is 22.4 Å². The maximum atomic E-state index is 12.6. The fourth-order valence-electron chi connectivity index (χ4n) is 3.05. The fourth-order valence-corrected chi connectivity index (χ4v) is 3.91. The number of hydrogen-bond donors (Lipinski definition) is 2. The van der Waals surface area contributed by atoms with Crippen molar-refractivity contribution in [2.45, 2.75) is 6.54 Å². The third-order valence-corrected chi connectivity index (χ3v) is 5.26. The van der Waals surface area contributed by atoms with Gasteiger partial charge in [-0.05, 0) is 29.7 Å². The van der Waals surface area contributed by atoms with E-state index in [2.05, 4.69) is 15.3 Å². The Labute approximate surface area is 163 Å². The first-order chi connectivity index (χ1) is 13.6. The zero-order valence-corrected chi connectivity index (χ0v) is 16.1. The Hall–Kier alpha value is -3.39. The quantitative estimate of drug-likeness (QED) is 0.542. The van der Waals surface area contributed by atoms with Crippen LogP contribution < -0.4 is 19.5 Å². The van der Waals surface area contributed by atoms with Crippen LogP contribution in [0.4, 0.5) is 0 Å². The second kappa shape index (κ2) is 7.32. The molecule has 0 aliphatic rings. The normalized spacial score (nSPS) is 10.9. The minimum Gasteiger partial charge on any atom is -0.493 e. The standard InChI is InChI=1S/C20H17N3O4S/c1-26-14-8-7-11-9-15(28-20(25)17(11)18(14)27-2)19(24)21-10-16-22-12-5-3-4-6-13(12)23-16/h3-9H,10H2,1-2H3,(H,21,24)(H,22,23). The third-order valence-electron chi connectivity index (χ3n) is 4.35. The molecule has 1 amide bonds. The molecule has 28 heavy (non-hydrogen) atoms. The van der Waals surface area contributed by atoms with Gasteiger partial charge < -0.3 is 19.8 Å². The lowest BCUT2D eigenvalue weighted by molar-refractivity contribution is 0.0954. The summed E-state index contributed by atoms with van der Waals surface area (Å²) in [5.41, 5.74) is 1.74. The number of benzene rings is 2. The second-order valence-electron chi connectivity index (χ2n) is 6.05. The number of aromatic nitrogens is 2. The summed E-state index contributed by atoms with van der Waals surface area (Å²) in [6.07, 6.45) is 0. The SMILES string of the molecule is COc1ccc2cc(C(=O)NCc3nc4ccccc4[nH]3)sc(=O)c2c1OC. The molecule has 142 valence electrons. The van der Waals surface area contributed by atoms with Gasteiger partial charge in [0.2, 0.25) is 4.74 Å². The molecule has 0 radical (unpaired) electrons. The Kier molecular flexibility index (Phi) is 4.70. The van der Waals surface area contributed by atoms with Gasteiger partial charge in [0.1, 0.15) is 5.82 Å². The zero-order chi connectivity index (χ0) is 19.7. The Morgan fingerprint density at radius 2 is 2.00 bits per heavy atom. The second-order valence-corrected chi connectivity index (χ2v) is 7.06. The molecule has 2 N–H and O–H groups in total. The van der Waals surface area contributed by atoms with Crippen molar-refractivity contribution in [3.63, 3.8) is 0 Å². The van der Waals surface area contributed by atoms with Crippen LogP contribution in [-0.4, -0.2) is 30.1 Å². The molecule has 0 unspecified atom stereocenters. The lowest BCUT2D eigenvalue weighted by Crippen LogP contribution is -2.23. The largest absolute Gasteiger partial charge is 0.493 e. The van der Waals surface area contributed by atoms with Gasteiger partial charge in [0.05, 0.1) is 42.1 Å². The summed E-state index contributed by atoms with van der Waals surface area (Å²) >= 11 is 0.870. The Balaban J connectivity index is 1.61. The van der Waals surface area contributed by atoms with Crippen LogP contribution in [0.25, 0.3) is 21.8 Å². The zero-order valence-electron chi connectivity index (χ0n) is 15.2. The van der Waals surface area contributed by atoms with E-state index >= 15 is 0 Å². The van der Waals surface area contributed by atoms with Gasteiger partial charge in [0.25, 0.3) is 5.91 Å². The third kappa shape index (κ3) is 3.18. The molecule has 4 rings (SSSR count). The minimum atomic E-state index is -0.334. The number of methoxy groups -OCH3 is 2. The number of aromatic amines is 1. The highest BCUT2D eigenvalue weighted by molar-refractivity contribution is 7.12. The van der Waals surface area contributed by atoms with Crippen LogP contribution >= 0.6 is 11.3 Å². The molecule has 0 fully saturated rings. The summed E-state index contributed by atoms with van der Waals surface area (Å²) in [4.78, 5) is 33.1. The first-order valence-electron chi connectivity index (χ1n) is 8.51. The molecule has 8 heteroatoms. The van der Waals surface area contributed by atoms with E-state index < -0.39 is 0 Å². The molecule has 0 bridgehead atoms. The van der Waals surface area contributed by atoms with E-state index in [9.17, 15) is 9.59 Å². The lowest BCUT2D eigenvalue weighted by Gasteiger charge is -2.10. The first-order valence-corrected chi connectivity index (χ1v) is 9.33. The van der Waals surface area contributed by atoms with Crippen LogP contribution in [0.15, 0.2) is 47.3 Å². The smallest absolute Gasteiger partial charge is 0.261 e. The van der Waals surface area contributed by atoms with E-state index in [1.54, 1.807) is 18.2 Å². The topological polar surface area (TPSA) is 93.3 Å². The number of nitrogens with one attached hydrogen (secondary N) is 2. The van der Waals surface area contributed by atoms with Crippen molar-refractivity contribution in [1.29, 1.82) is 0 Å². The van der Waals surface area contributed by atoms with E-state index in [-0.39, 0.29) is 17.2 Å². The Bertz CT molecular complexity index is 1210. The summed E-state index contributed by atoms with van der Waals surface area (Å²) in [6, 6.07) is 12.8. The molecule has 0 aliphatic carbocycles. The van der Waals surface area contributed by atoms with Crippen LogP contribution in [-0.2, 0) is 6.54 Å². The number of para-hydroxylation sites is 2. The van der Waals surface area contributed by atoms with Gasteiger partial charge in [0.15, 0.2) is 11.5 Å². The number of H-pyrrole nitrogens is 1. The number of hydrogen-bond acceptors (Lipinski definition) is 6. The Morgan fingerprint density at radius 1 is 1.18 bits per heavy atom. The molecular weight excluding hydrogens is 378 g/mol. The maximum absolute atomic E-state index is 12.6. The van der Waals surface area contributed by atoms with Crippen molar-refractivity contribution in [3.8, 4) is 11.5 Å². The van der Waals surface area contributed by atoms with Gasteiger partial charge in [-0.15, -0.1) is 0 Å². The van der Waals surface area contributed by atoms with Crippen LogP contribution in [0, 0.1) is 0 Å². The van der Waals surface area contributed by atoms with Gasteiger partial charge in [-0.25, -0.2) is 4.98 Å². The van der Waals surface area contributed by atoms with E-state index in [4.69, 9.17) is 9.47 Å². The lowest BCUT2D eigenvalue weighted by atomic mass is 10.1. The number of carbonyl (C=O) groups is 1. The molecule has 0 saturated heterocycles. The minimum absolute atomic E-state index is 0.235. The average Bonchev–Trinajstić information content (AvgIpc) is 3.14. The highest BCUT2D eigenvalue weighted by Gasteiger charge is 2.16. The van der Waals surface area contributed by atoms with E-state index in [1.165, 1.54) is 14.2 Å². The predicted molar refractivity (Wildman–Crippen MR) is 108 cm³/mol. The molecule has 7 nitrogen and oxygen atoms in total. The number of amides is 1. The summed E-state index contributed by atoms with van der Waals surface area (Å²) < 4.78 is 10.3. The van der Waals surface area contributed by atoms with Crippen molar-refractivity contribution < 1.29 is 14.3 Å². The van der Waals surface area contributed by atoms with Crippen molar-refractivity contribution >= 4 is 39.0 Å². The van der Waals surface area contributed by atoms with E-state index in [1.807, 2.05) is 24.3 Å². The number of imidazole rings is 1. The van der Waals surface area contributed by atoms with Gasteiger partial charge in [-0.3, -0.25) is 9.59 Å². The highest BCUT2D eigenvalue weighted by Crippen LogP contribution is 2.34. The maximum Gasteiger partial charge on any atom is 0.261 e. The molecule has 0 aliphatic heterocycles. The van der Waals surface area contributed by atoms with Crippen LogP contribution in [0.2, 0.25) is 0 Å². The van der Waals surface area contributed by atoms with Gasteiger partial charge in [-0.2, -0.15) is 0 Å². The molecular formula is C20H17N3O4S. The van der Waals surface area contributed by atoms with Gasteiger partial charge in [0, 0.05) is 0 Å². The summed E-state index contributed by atoms with van der Waals surface area (Å²) in [5.74, 6) is 1.16. The molecule has 4 aromatic rings. The molecule has 0 atom stereocenters. The summed E-state index contributed by atoms with van der Waals surface area (Å²) in [7, 11) is 2.99. The van der Waals surface area contributed by atoms with Crippen molar-refractivity contribution in [3.05, 3.63) is 62.7 Å². The van der Waals surface area contributed by atoms with Gasteiger partial charge in [-0.1, -0.05) is 29.5 Å². The molecule has 2 aromatic carbocycles. The first kappa shape index (κ1) is 18.0. The van der Waals surface area contributed by atoms with Crippen LogP contribution in [0.1, 0.15) is 15.5 Å². The van der Waals surface area contributed by atoms with Crippen LogP contribution in [0.3, 0.4) is 0 Å². The van der Waals surface area contributed by atoms with Gasteiger partial charge >= 0.3 is 0 Å². The Morgan fingerprint density at radius 3 is 2.75 bits per heavy atom. The van der Waals surface area contributed by atoms with Crippen molar-refractivity contribution in [2.24, 2.45) is 0 Å². The van der Waals surface area contributed by atoms with Crippen molar-refractivity contribution in [1.82, 2.24) is 15.3 Å².